The number of ether oxygens (including phenoxy) is 2. The summed E-state index contributed by atoms with van der Waals surface area (Å²) in [6.45, 7) is 12.8. The second-order valence-corrected chi connectivity index (χ2v) is 12.9. The van der Waals surface area contributed by atoms with Gasteiger partial charge in [-0.1, -0.05) is 24.5 Å². The zero-order valence-electron chi connectivity index (χ0n) is 25.8. The minimum Gasteiger partial charge on any atom is -0.490 e. The van der Waals surface area contributed by atoms with Crippen molar-refractivity contribution >= 4 is 23.5 Å². The van der Waals surface area contributed by atoms with Crippen molar-refractivity contribution in [1.82, 2.24) is 10.2 Å². The molecule has 1 N–H and O–H groups in total. The Morgan fingerprint density at radius 3 is 2.29 bits per heavy atom. The first kappa shape index (κ1) is 30.7. The number of likely N-dealkylation sites (tertiary alicyclic amines) is 1. The van der Waals surface area contributed by atoms with E-state index in [1.165, 1.54) is 12.8 Å². The number of nitrogens with zero attached hydrogens (tertiary/aromatic N) is 2. The fraction of sp³-hybridized carbons (Fsp3) is 0.606. The van der Waals surface area contributed by atoms with Crippen LogP contribution in [-0.2, 0) is 9.53 Å². The van der Waals surface area contributed by atoms with Gasteiger partial charge in [-0.05, 0) is 77.7 Å². The van der Waals surface area contributed by atoms with E-state index >= 15 is 0 Å². The molecule has 0 spiro atoms. The van der Waals surface area contributed by atoms with Crippen LogP contribution in [0.3, 0.4) is 0 Å². The molecule has 3 aliphatic rings. The van der Waals surface area contributed by atoms with Gasteiger partial charge in [-0.25, -0.2) is 4.79 Å². The highest BCUT2D eigenvalue weighted by Gasteiger charge is 2.30. The molecule has 1 aliphatic heterocycles. The molecule has 1 saturated heterocycles. The third-order valence-electron chi connectivity index (χ3n) is 8.43. The van der Waals surface area contributed by atoms with Crippen LogP contribution >= 0.6 is 0 Å². The van der Waals surface area contributed by atoms with E-state index in [-0.39, 0.29) is 36.4 Å². The van der Waals surface area contributed by atoms with Gasteiger partial charge in [0.05, 0.1) is 5.92 Å². The number of anilines is 1. The lowest BCUT2D eigenvalue weighted by molar-refractivity contribution is -0.117. The van der Waals surface area contributed by atoms with Crippen LogP contribution in [0.15, 0.2) is 35.4 Å². The first-order chi connectivity index (χ1) is 19.3. The molecule has 2 amide bonds. The monoisotopic (exact) mass is 565 g/mol. The molecule has 4 rings (SSSR count). The Labute approximate surface area is 245 Å². The molecule has 41 heavy (non-hydrogen) atoms. The Balaban J connectivity index is 1.50. The molecule has 1 aromatic carbocycles. The van der Waals surface area contributed by atoms with Gasteiger partial charge in [-0.15, -0.1) is 0 Å². The van der Waals surface area contributed by atoms with Crippen molar-refractivity contribution in [2.24, 2.45) is 5.92 Å². The van der Waals surface area contributed by atoms with Gasteiger partial charge in [-0.3, -0.25) is 9.59 Å². The number of hydrogen-bond donors (Lipinski definition) is 1. The van der Waals surface area contributed by atoms with Crippen molar-refractivity contribution in [3.05, 3.63) is 46.6 Å². The second kappa shape index (κ2) is 12.7. The number of amides is 2. The van der Waals surface area contributed by atoms with Crippen molar-refractivity contribution in [2.45, 2.75) is 97.8 Å². The molecule has 8 heteroatoms. The predicted octanol–water partition coefficient (Wildman–Crippen LogP) is 5.97. The molecule has 1 saturated carbocycles. The average Bonchev–Trinajstić information content (AvgIpc) is 3.43. The fourth-order valence-corrected chi connectivity index (χ4v) is 6.11. The topological polar surface area (TPSA) is 88.2 Å². The average molecular weight is 566 g/mol. The van der Waals surface area contributed by atoms with Gasteiger partial charge >= 0.3 is 6.09 Å². The zero-order chi connectivity index (χ0) is 29.9. The number of nitrogens with one attached hydrogen (secondary N) is 1. The Hall–Kier alpha value is -3.29. The molecule has 1 aromatic rings. The first-order valence-electron chi connectivity index (χ1n) is 15.0. The molecular weight excluding hydrogens is 518 g/mol. The van der Waals surface area contributed by atoms with E-state index in [0.29, 0.717) is 43.3 Å². The quantitative estimate of drug-likeness (QED) is 0.438. The number of benzene rings is 1. The number of ketones is 1. The van der Waals surface area contributed by atoms with E-state index in [1.807, 2.05) is 53.7 Å². The Morgan fingerprint density at radius 2 is 1.68 bits per heavy atom. The standard InChI is InChI=1S/C33H47N3O5/c1-21-16-22(2)28(30(37)17-21)20-34-31(38)27-18-26(19-29(23(27)3)35(7)24-10-8-9-11-24)40-25-12-14-36(15-13-25)32(39)41-33(4,5)6/h16-19,24-25,28H,8-15,20H2,1-7H3,(H,34,38). The van der Waals surface area contributed by atoms with Gasteiger partial charge in [0.15, 0.2) is 5.78 Å². The van der Waals surface area contributed by atoms with Gasteiger partial charge in [0, 0.05) is 62.9 Å². The molecule has 1 heterocycles. The summed E-state index contributed by atoms with van der Waals surface area (Å²) in [5.74, 6) is 0.120. The maximum atomic E-state index is 13.6. The lowest BCUT2D eigenvalue weighted by atomic mass is 9.88. The molecule has 2 fully saturated rings. The van der Waals surface area contributed by atoms with Crippen LogP contribution in [0, 0.1) is 12.8 Å². The number of hydrogen-bond acceptors (Lipinski definition) is 6. The Bertz CT molecular complexity index is 1210. The van der Waals surface area contributed by atoms with Crippen LogP contribution < -0.4 is 15.0 Å². The van der Waals surface area contributed by atoms with E-state index < -0.39 is 5.60 Å². The maximum Gasteiger partial charge on any atom is 0.410 e. The van der Waals surface area contributed by atoms with E-state index in [1.54, 1.807) is 11.0 Å². The van der Waals surface area contributed by atoms with E-state index in [2.05, 4.69) is 23.3 Å². The maximum absolute atomic E-state index is 13.6. The summed E-state index contributed by atoms with van der Waals surface area (Å²) in [4.78, 5) is 42.7. The van der Waals surface area contributed by atoms with Gasteiger partial charge in [0.25, 0.3) is 5.91 Å². The highest BCUT2D eigenvalue weighted by molar-refractivity contribution is 5.99. The van der Waals surface area contributed by atoms with Crippen LogP contribution in [0.4, 0.5) is 10.5 Å². The summed E-state index contributed by atoms with van der Waals surface area (Å²) in [7, 11) is 2.10. The van der Waals surface area contributed by atoms with Crippen molar-refractivity contribution in [2.75, 3.05) is 31.6 Å². The summed E-state index contributed by atoms with van der Waals surface area (Å²) < 4.78 is 12.0. The van der Waals surface area contributed by atoms with Crippen LogP contribution in [0.2, 0.25) is 0 Å². The second-order valence-electron chi connectivity index (χ2n) is 12.9. The van der Waals surface area contributed by atoms with Crippen LogP contribution in [0.5, 0.6) is 5.75 Å². The van der Waals surface area contributed by atoms with E-state index in [4.69, 9.17) is 9.47 Å². The van der Waals surface area contributed by atoms with Crippen molar-refractivity contribution in [1.29, 1.82) is 0 Å². The highest BCUT2D eigenvalue weighted by Crippen LogP contribution is 2.35. The number of carbonyl (C=O) groups is 3. The SMILES string of the molecule is CC1=CC(=O)C(CNC(=O)c2cc(OC3CCN(C(=O)OC(C)(C)C)CC3)cc(N(C)C3CCCC3)c2C)C(C)=C1. The summed E-state index contributed by atoms with van der Waals surface area (Å²) >= 11 is 0. The number of allylic oxidation sites excluding steroid dienone is 3. The van der Waals surface area contributed by atoms with Crippen LogP contribution in [-0.4, -0.2) is 67.1 Å². The Kier molecular flexibility index (Phi) is 9.50. The lowest BCUT2D eigenvalue weighted by Gasteiger charge is -2.34. The van der Waals surface area contributed by atoms with Gasteiger partial charge < -0.3 is 24.6 Å². The fourth-order valence-electron chi connectivity index (χ4n) is 6.11. The normalized spacial score (nSPS) is 20.4. The summed E-state index contributed by atoms with van der Waals surface area (Å²) in [6.07, 6.45) is 9.34. The van der Waals surface area contributed by atoms with Crippen LogP contribution in [0.1, 0.15) is 89.1 Å². The summed E-state index contributed by atoms with van der Waals surface area (Å²) in [6, 6.07) is 4.31. The lowest BCUT2D eigenvalue weighted by Crippen LogP contribution is -2.44. The Morgan fingerprint density at radius 1 is 1.02 bits per heavy atom. The van der Waals surface area contributed by atoms with E-state index in [0.717, 1.165) is 35.2 Å². The molecule has 8 nitrogen and oxygen atoms in total. The number of piperidine rings is 1. The van der Waals surface area contributed by atoms with Crippen molar-refractivity contribution in [3.8, 4) is 5.75 Å². The smallest absolute Gasteiger partial charge is 0.410 e. The molecule has 1 atom stereocenters. The van der Waals surface area contributed by atoms with E-state index in [9.17, 15) is 14.4 Å². The van der Waals surface area contributed by atoms with Crippen LogP contribution in [0.25, 0.3) is 0 Å². The van der Waals surface area contributed by atoms with Gasteiger partial charge in [0.1, 0.15) is 17.5 Å². The minimum atomic E-state index is -0.528. The minimum absolute atomic E-state index is 0.0241. The molecule has 224 valence electrons. The van der Waals surface area contributed by atoms with Gasteiger partial charge in [-0.2, -0.15) is 0 Å². The molecule has 1 unspecified atom stereocenters. The molecule has 2 aliphatic carbocycles. The molecule has 0 radical (unpaired) electrons. The zero-order valence-corrected chi connectivity index (χ0v) is 25.8. The first-order valence-corrected chi connectivity index (χ1v) is 15.0. The summed E-state index contributed by atoms with van der Waals surface area (Å²) in [5.41, 5.74) is 3.83. The predicted molar refractivity (Wildman–Crippen MR) is 162 cm³/mol. The highest BCUT2D eigenvalue weighted by atomic mass is 16.6. The van der Waals surface area contributed by atoms with Crippen molar-refractivity contribution in [3.63, 3.8) is 0 Å². The number of rotatable bonds is 7. The third-order valence-corrected chi connectivity index (χ3v) is 8.43. The number of carbonyl (C=O) groups excluding carboxylic acids is 3. The summed E-state index contributed by atoms with van der Waals surface area (Å²) in [5, 5.41) is 3.03. The third kappa shape index (κ3) is 7.72. The largest absolute Gasteiger partial charge is 0.490 e. The molecule has 0 bridgehead atoms. The molecule has 0 aromatic heterocycles. The molecular formula is C33H47N3O5. The van der Waals surface area contributed by atoms with Crippen molar-refractivity contribution < 1.29 is 23.9 Å². The van der Waals surface area contributed by atoms with Gasteiger partial charge in [0.2, 0.25) is 0 Å².